The number of carbonyl (C=O) groups excluding carboxylic acids is 1. The Morgan fingerprint density at radius 2 is 1.96 bits per heavy atom. The van der Waals surface area contributed by atoms with Gasteiger partial charge in [-0.3, -0.25) is 9.48 Å². The highest BCUT2D eigenvalue weighted by atomic mass is 32.1. The first-order chi connectivity index (χ1) is 11.7. The first-order valence-corrected chi connectivity index (χ1v) is 9.51. The number of aromatic nitrogens is 3. The predicted octanol–water partition coefficient (Wildman–Crippen LogP) is 2.97. The first-order valence-electron chi connectivity index (χ1n) is 8.63. The highest BCUT2D eigenvalue weighted by molar-refractivity contribution is 7.13. The Balaban J connectivity index is 1.67. The third-order valence-electron chi connectivity index (χ3n) is 4.82. The average Bonchev–Trinajstić information content (AvgIpc) is 3.27. The Morgan fingerprint density at radius 3 is 2.54 bits per heavy atom. The number of thiazole rings is 1. The number of carbonyl (C=O) groups is 1. The van der Waals surface area contributed by atoms with Gasteiger partial charge in [-0.2, -0.15) is 5.10 Å². The van der Waals surface area contributed by atoms with Crippen LogP contribution in [0.1, 0.15) is 48.8 Å². The smallest absolute Gasteiger partial charge is 0.257 e. The van der Waals surface area contributed by atoms with E-state index in [1.54, 1.807) is 17.5 Å². The van der Waals surface area contributed by atoms with Crippen molar-refractivity contribution in [3.05, 3.63) is 29.0 Å². The lowest BCUT2D eigenvalue weighted by atomic mass is 10.1. The van der Waals surface area contributed by atoms with Gasteiger partial charge in [-0.05, 0) is 19.8 Å². The predicted molar refractivity (Wildman–Crippen MR) is 96.8 cm³/mol. The molecule has 1 fully saturated rings. The fourth-order valence-corrected chi connectivity index (χ4v) is 3.98. The fraction of sp³-hybridized carbons (Fsp3) is 0.588. The maximum atomic E-state index is 12.9. The summed E-state index contributed by atoms with van der Waals surface area (Å²) in [5.41, 5.74) is 1.72. The molecule has 0 radical (unpaired) electrons. The van der Waals surface area contributed by atoms with Crippen molar-refractivity contribution in [2.75, 3.05) is 31.1 Å². The standard InChI is InChI=1S/C17H25N5OS/c1-4-14(5-2)22-13(3)15(12-19-22)16(23)20-7-9-21(10-8-20)17-18-6-11-24-17/h6,11-12,14H,4-5,7-10H2,1-3H3. The van der Waals surface area contributed by atoms with Gasteiger partial charge in [0, 0.05) is 43.4 Å². The van der Waals surface area contributed by atoms with Gasteiger partial charge in [-0.1, -0.05) is 13.8 Å². The molecule has 1 aliphatic rings. The van der Waals surface area contributed by atoms with Gasteiger partial charge in [-0.15, -0.1) is 11.3 Å². The van der Waals surface area contributed by atoms with E-state index in [2.05, 4.69) is 28.8 Å². The number of rotatable bonds is 5. The number of hydrogen-bond donors (Lipinski definition) is 0. The topological polar surface area (TPSA) is 54.3 Å². The lowest BCUT2D eigenvalue weighted by molar-refractivity contribution is 0.0746. The summed E-state index contributed by atoms with van der Waals surface area (Å²) in [4.78, 5) is 21.4. The number of amides is 1. The van der Waals surface area contributed by atoms with Crippen LogP contribution in [0.5, 0.6) is 0 Å². The molecule has 7 heteroatoms. The molecular formula is C17H25N5OS. The molecule has 0 bridgehead atoms. The molecule has 24 heavy (non-hydrogen) atoms. The molecule has 0 aromatic carbocycles. The zero-order valence-corrected chi connectivity index (χ0v) is 15.4. The summed E-state index contributed by atoms with van der Waals surface area (Å²) in [6.45, 7) is 9.45. The molecule has 0 unspecified atom stereocenters. The van der Waals surface area contributed by atoms with E-state index in [-0.39, 0.29) is 5.91 Å². The van der Waals surface area contributed by atoms with Crippen LogP contribution in [0, 0.1) is 6.92 Å². The molecule has 1 saturated heterocycles. The SMILES string of the molecule is CCC(CC)n1ncc(C(=O)N2CCN(c3nccs3)CC2)c1C. The maximum absolute atomic E-state index is 12.9. The van der Waals surface area contributed by atoms with Gasteiger partial charge in [-0.25, -0.2) is 4.98 Å². The monoisotopic (exact) mass is 347 g/mol. The minimum absolute atomic E-state index is 0.100. The zero-order chi connectivity index (χ0) is 17.1. The first kappa shape index (κ1) is 17.0. The van der Waals surface area contributed by atoms with Gasteiger partial charge in [0.2, 0.25) is 0 Å². The van der Waals surface area contributed by atoms with E-state index in [1.165, 1.54) is 0 Å². The quantitative estimate of drug-likeness (QED) is 0.834. The lowest BCUT2D eigenvalue weighted by Gasteiger charge is -2.34. The molecule has 6 nitrogen and oxygen atoms in total. The molecule has 0 atom stereocenters. The van der Waals surface area contributed by atoms with Crippen molar-refractivity contribution in [2.24, 2.45) is 0 Å². The van der Waals surface area contributed by atoms with Crippen molar-refractivity contribution < 1.29 is 4.79 Å². The zero-order valence-electron chi connectivity index (χ0n) is 14.6. The highest BCUT2D eigenvalue weighted by Crippen LogP contribution is 2.22. The van der Waals surface area contributed by atoms with E-state index >= 15 is 0 Å². The van der Waals surface area contributed by atoms with Crippen LogP contribution >= 0.6 is 11.3 Å². The van der Waals surface area contributed by atoms with Crippen LogP contribution in [0.3, 0.4) is 0 Å². The van der Waals surface area contributed by atoms with Gasteiger partial charge in [0.15, 0.2) is 5.13 Å². The second-order valence-electron chi connectivity index (χ2n) is 6.15. The van der Waals surface area contributed by atoms with Gasteiger partial charge >= 0.3 is 0 Å². The van der Waals surface area contributed by atoms with E-state index in [0.29, 0.717) is 6.04 Å². The third-order valence-corrected chi connectivity index (χ3v) is 5.65. The Morgan fingerprint density at radius 1 is 1.25 bits per heavy atom. The van der Waals surface area contributed by atoms with Crippen LogP contribution in [0.2, 0.25) is 0 Å². The van der Waals surface area contributed by atoms with Crippen molar-refractivity contribution in [3.63, 3.8) is 0 Å². The number of piperazine rings is 1. The fourth-order valence-electron chi connectivity index (χ4n) is 3.28. The minimum Gasteiger partial charge on any atom is -0.345 e. The molecule has 130 valence electrons. The molecule has 1 aliphatic heterocycles. The molecule has 2 aromatic rings. The lowest BCUT2D eigenvalue weighted by Crippen LogP contribution is -2.48. The van der Waals surface area contributed by atoms with E-state index in [9.17, 15) is 4.79 Å². The minimum atomic E-state index is 0.100. The van der Waals surface area contributed by atoms with Crippen LogP contribution in [0.4, 0.5) is 5.13 Å². The largest absolute Gasteiger partial charge is 0.345 e. The molecule has 0 spiro atoms. The van der Waals surface area contributed by atoms with Crippen molar-refractivity contribution in [3.8, 4) is 0 Å². The Hall–Kier alpha value is -1.89. The molecular weight excluding hydrogens is 322 g/mol. The summed E-state index contributed by atoms with van der Waals surface area (Å²) in [5, 5.41) is 7.51. The summed E-state index contributed by atoms with van der Waals surface area (Å²) in [6.07, 6.45) is 5.62. The maximum Gasteiger partial charge on any atom is 0.257 e. The number of nitrogens with zero attached hydrogens (tertiary/aromatic N) is 5. The molecule has 3 rings (SSSR count). The summed E-state index contributed by atoms with van der Waals surface area (Å²) in [7, 11) is 0. The normalized spacial score (nSPS) is 15.3. The highest BCUT2D eigenvalue weighted by Gasteiger charge is 2.26. The number of hydrogen-bond acceptors (Lipinski definition) is 5. The van der Waals surface area contributed by atoms with Gasteiger partial charge < -0.3 is 9.80 Å². The second-order valence-corrected chi connectivity index (χ2v) is 7.03. The number of anilines is 1. The van der Waals surface area contributed by atoms with Crippen molar-refractivity contribution in [2.45, 2.75) is 39.7 Å². The van der Waals surface area contributed by atoms with Crippen LogP contribution in [-0.4, -0.2) is 51.8 Å². The molecule has 0 N–H and O–H groups in total. The average molecular weight is 347 g/mol. The van der Waals surface area contributed by atoms with Crippen molar-refractivity contribution in [1.82, 2.24) is 19.7 Å². The molecule has 0 aliphatic carbocycles. The third kappa shape index (κ3) is 3.17. The van der Waals surface area contributed by atoms with E-state index in [1.807, 2.05) is 28.1 Å². The van der Waals surface area contributed by atoms with Crippen molar-refractivity contribution in [1.29, 1.82) is 0 Å². The van der Waals surface area contributed by atoms with Gasteiger partial charge in [0.1, 0.15) is 0 Å². The van der Waals surface area contributed by atoms with E-state index < -0.39 is 0 Å². The Labute approximate surface area is 147 Å². The van der Waals surface area contributed by atoms with Crippen LogP contribution in [0.25, 0.3) is 0 Å². The second kappa shape index (κ2) is 7.34. The summed E-state index contributed by atoms with van der Waals surface area (Å²) < 4.78 is 2.01. The molecule has 1 amide bonds. The molecule has 0 saturated carbocycles. The van der Waals surface area contributed by atoms with Gasteiger partial charge in [0.05, 0.1) is 17.8 Å². The van der Waals surface area contributed by atoms with Crippen LogP contribution in [0.15, 0.2) is 17.8 Å². The van der Waals surface area contributed by atoms with Gasteiger partial charge in [0.25, 0.3) is 5.91 Å². The van der Waals surface area contributed by atoms with E-state index in [0.717, 1.165) is 55.4 Å². The Bertz CT molecular complexity index is 669. The van der Waals surface area contributed by atoms with E-state index in [4.69, 9.17) is 0 Å². The molecule has 3 heterocycles. The van der Waals surface area contributed by atoms with Crippen molar-refractivity contribution >= 4 is 22.4 Å². The Kier molecular flexibility index (Phi) is 5.18. The van der Waals surface area contributed by atoms with Crippen LogP contribution < -0.4 is 4.90 Å². The molecule has 2 aromatic heterocycles. The summed E-state index contributed by atoms with van der Waals surface area (Å²) >= 11 is 1.65. The summed E-state index contributed by atoms with van der Waals surface area (Å²) in [5.74, 6) is 0.100. The summed E-state index contributed by atoms with van der Waals surface area (Å²) in [6, 6.07) is 0.369. The van der Waals surface area contributed by atoms with Crippen LogP contribution in [-0.2, 0) is 0 Å².